The van der Waals surface area contributed by atoms with Crippen molar-refractivity contribution < 1.29 is 14.3 Å². The van der Waals surface area contributed by atoms with Crippen molar-refractivity contribution in [1.82, 2.24) is 9.97 Å². The van der Waals surface area contributed by atoms with Gasteiger partial charge in [-0.1, -0.05) is 19.1 Å². The molecule has 2 heterocycles. The predicted molar refractivity (Wildman–Crippen MR) is 101 cm³/mol. The van der Waals surface area contributed by atoms with Crippen LogP contribution in [0.2, 0.25) is 0 Å². The Kier molecular flexibility index (Phi) is 4.59. The van der Waals surface area contributed by atoms with Gasteiger partial charge in [0, 0.05) is 4.88 Å². The standard InChI is InChI=1S/C20H20N2O3S/c1-12-3-8-15-16(9-12)26-19-17(15)18(21-11-22-19)25-10-13-4-6-14(7-5-13)20(23)24-2/h4-7,11-12H,3,8-10H2,1-2H3. The molecule has 0 amide bonds. The molecule has 0 radical (unpaired) electrons. The van der Waals surface area contributed by atoms with Gasteiger partial charge in [0.05, 0.1) is 18.1 Å². The van der Waals surface area contributed by atoms with Crippen molar-refractivity contribution in [2.24, 2.45) is 5.92 Å². The third kappa shape index (κ3) is 3.17. The summed E-state index contributed by atoms with van der Waals surface area (Å²) in [6.07, 6.45) is 4.95. The van der Waals surface area contributed by atoms with Crippen molar-refractivity contribution in [3.05, 3.63) is 52.2 Å². The van der Waals surface area contributed by atoms with Gasteiger partial charge in [-0.25, -0.2) is 14.8 Å². The molecule has 26 heavy (non-hydrogen) atoms. The number of methoxy groups -OCH3 is 1. The number of fused-ring (bicyclic) bond motifs is 3. The van der Waals surface area contributed by atoms with Gasteiger partial charge >= 0.3 is 5.97 Å². The Morgan fingerprint density at radius 1 is 1.27 bits per heavy atom. The van der Waals surface area contributed by atoms with Crippen LogP contribution in [0.5, 0.6) is 5.88 Å². The van der Waals surface area contributed by atoms with Crippen LogP contribution in [0, 0.1) is 5.92 Å². The van der Waals surface area contributed by atoms with Gasteiger partial charge in [-0.05, 0) is 48.4 Å². The van der Waals surface area contributed by atoms with E-state index in [9.17, 15) is 4.79 Å². The highest BCUT2D eigenvalue weighted by atomic mass is 32.1. The maximum absolute atomic E-state index is 11.5. The second kappa shape index (κ2) is 7.03. The molecule has 0 fully saturated rings. The number of hydrogen-bond donors (Lipinski definition) is 0. The maximum atomic E-state index is 11.5. The number of benzene rings is 1. The molecule has 4 rings (SSSR count). The fourth-order valence-corrected chi connectivity index (χ4v) is 4.70. The van der Waals surface area contributed by atoms with E-state index >= 15 is 0 Å². The number of aryl methyl sites for hydroxylation is 1. The molecule has 1 atom stereocenters. The quantitative estimate of drug-likeness (QED) is 0.647. The van der Waals surface area contributed by atoms with Crippen molar-refractivity contribution in [1.29, 1.82) is 0 Å². The lowest BCUT2D eigenvalue weighted by Gasteiger charge is -2.18. The largest absolute Gasteiger partial charge is 0.472 e. The zero-order chi connectivity index (χ0) is 18.1. The van der Waals surface area contributed by atoms with Crippen LogP contribution >= 0.6 is 11.3 Å². The summed E-state index contributed by atoms with van der Waals surface area (Å²) in [6.45, 7) is 2.70. The number of nitrogens with zero attached hydrogens (tertiary/aromatic N) is 2. The highest BCUT2D eigenvalue weighted by Gasteiger charge is 2.23. The molecule has 6 heteroatoms. The van der Waals surface area contributed by atoms with E-state index in [0.717, 1.165) is 34.5 Å². The van der Waals surface area contributed by atoms with Gasteiger partial charge < -0.3 is 9.47 Å². The number of carbonyl (C=O) groups excluding carboxylic acids is 1. The van der Waals surface area contributed by atoms with Crippen LogP contribution in [-0.4, -0.2) is 23.0 Å². The van der Waals surface area contributed by atoms with Crippen molar-refractivity contribution in [2.75, 3.05) is 7.11 Å². The summed E-state index contributed by atoms with van der Waals surface area (Å²) in [5, 5.41) is 1.07. The normalized spacial score (nSPS) is 16.3. The fraction of sp³-hybridized carbons (Fsp3) is 0.350. The number of aromatic nitrogens is 2. The van der Waals surface area contributed by atoms with E-state index in [4.69, 9.17) is 9.47 Å². The molecule has 134 valence electrons. The van der Waals surface area contributed by atoms with Crippen LogP contribution in [-0.2, 0) is 24.2 Å². The van der Waals surface area contributed by atoms with E-state index in [0.29, 0.717) is 18.1 Å². The average molecular weight is 368 g/mol. The molecule has 1 aromatic carbocycles. The van der Waals surface area contributed by atoms with E-state index in [1.807, 2.05) is 12.1 Å². The molecule has 2 aromatic heterocycles. The number of thiophene rings is 1. The van der Waals surface area contributed by atoms with Gasteiger partial charge in [0.15, 0.2) is 0 Å². The molecule has 0 aliphatic heterocycles. The van der Waals surface area contributed by atoms with E-state index < -0.39 is 0 Å². The van der Waals surface area contributed by atoms with Crippen LogP contribution in [0.1, 0.15) is 39.7 Å². The summed E-state index contributed by atoms with van der Waals surface area (Å²) in [6, 6.07) is 7.23. The first-order valence-electron chi connectivity index (χ1n) is 8.71. The Labute approximate surface area is 156 Å². The van der Waals surface area contributed by atoms with E-state index in [2.05, 4.69) is 16.9 Å². The van der Waals surface area contributed by atoms with Gasteiger partial charge in [0.25, 0.3) is 0 Å². The molecule has 0 saturated heterocycles. The van der Waals surface area contributed by atoms with Crippen LogP contribution in [0.15, 0.2) is 30.6 Å². The number of hydrogen-bond acceptors (Lipinski definition) is 6. The predicted octanol–water partition coefficient (Wildman–Crippen LogP) is 4.18. The topological polar surface area (TPSA) is 61.3 Å². The molecular weight excluding hydrogens is 348 g/mol. The third-order valence-corrected chi connectivity index (χ3v) is 5.97. The summed E-state index contributed by atoms with van der Waals surface area (Å²) in [7, 11) is 1.38. The highest BCUT2D eigenvalue weighted by molar-refractivity contribution is 7.18. The van der Waals surface area contributed by atoms with Crippen LogP contribution in [0.3, 0.4) is 0 Å². The lowest BCUT2D eigenvalue weighted by Crippen LogP contribution is -2.09. The molecule has 5 nitrogen and oxygen atoms in total. The van der Waals surface area contributed by atoms with Gasteiger partial charge in [-0.15, -0.1) is 11.3 Å². The summed E-state index contributed by atoms with van der Waals surface area (Å²) < 4.78 is 10.7. The van der Waals surface area contributed by atoms with Crippen LogP contribution < -0.4 is 4.74 Å². The maximum Gasteiger partial charge on any atom is 0.337 e. The van der Waals surface area contributed by atoms with Crippen molar-refractivity contribution in [2.45, 2.75) is 32.8 Å². The molecule has 1 unspecified atom stereocenters. The van der Waals surface area contributed by atoms with Crippen molar-refractivity contribution >= 4 is 27.5 Å². The number of rotatable bonds is 4. The second-order valence-corrected chi connectivity index (χ2v) is 7.77. The van der Waals surface area contributed by atoms with E-state index in [-0.39, 0.29) is 5.97 Å². The van der Waals surface area contributed by atoms with Crippen molar-refractivity contribution in [3.63, 3.8) is 0 Å². The zero-order valence-electron chi connectivity index (χ0n) is 14.8. The molecule has 1 aliphatic carbocycles. The Morgan fingerprint density at radius 2 is 2.08 bits per heavy atom. The minimum absolute atomic E-state index is 0.339. The SMILES string of the molecule is COC(=O)c1ccc(COc2ncnc3sc4c(c23)CCC(C)C4)cc1. The molecule has 0 spiro atoms. The van der Waals surface area contributed by atoms with Gasteiger partial charge in [-0.2, -0.15) is 0 Å². The van der Waals surface area contributed by atoms with E-state index in [1.54, 1.807) is 29.8 Å². The van der Waals surface area contributed by atoms with Crippen LogP contribution in [0.4, 0.5) is 0 Å². The Balaban J connectivity index is 1.57. The minimum atomic E-state index is -0.339. The third-order valence-electron chi connectivity index (χ3n) is 4.81. The van der Waals surface area contributed by atoms with Crippen molar-refractivity contribution in [3.8, 4) is 5.88 Å². The molecule has 3 aromatic rings. The Morgan fingerprint density at radius 3 is 2.85 bits per heavy atom. The summed E-state index contributed by atoms with van der Waals surface area (Å²) in [5.41, 5.74) is 2.86. The smallest absolute Gasteiger partial charge is 0.337 e. The van der Waals surface area contributed by atoms with E-state index in [1.165, 1.54) is 24.0 Å². The number of carbonyl (C=O) groups is 1. The van der Waals surface area contributed by atoms with Gasteiger partial charge in [-0.3, -0.25) is 0 Å². The lowest BCUT2D eigenvalue weighted by atomic mass is 9.89. The second-order valence-electron chi connectivity index (χ2n) is 6.69. The highest BCUT2D eigenvalue weighted by Crippen LogP contribution is 2.40. The molecular formula is C20H20N2O3S. The first-order chi connectivity index (χ1) is 12.7. The lowest BCUT2D eigenvalue weighted by molar-refractivity contribution is 0.0600. The number of esters is 1. The molecule has 0 saturated carbocycles. The fourth-order valence-electron chi connectivity index (χ4n) is 3.36. The molecule has 0 N–H and O–H groups in total. The summed E-state index contributed by atoms with van der Waals surface area (Å²) in [5.74, 6) is 1.04. The average Bonchev–Trinajstić information content (AvgIpc) is 3.04. The van der Waals surface area contributed by atoms with Gasteiger partial charge in [0.2, 0.25) is 5.88 Å². The summed E-state index contributed by atoms with van der Waals surface area (Å²) in [4.78, 5) is 22.8. The first kappa shape index (κ1) is 17.0. The molecule has 1 aliphatic rings. The number of ether oxygens (including phenoxy) is 2. The Bertz CT molecular complexity index is 950. The first-order valence-corrected chi connectivity index (χ1v) is 9.52. The minimum Gasteiger partial charge on any atom is -0.472 e. The molecule has 0 bridgehead atoms. The zero-order valence-corrected chi connectivity index (χ0v) is 15.6. The Hall–Kier alpha value is -2.47. The monoisotopic (exact) mass is 368 g/mol. The summed E-state index contributed by atoms with van der Waals surface area (Å²) >= 11 is 1.76. The van der Waals surface area contributed by atoms with Crippen LogP contribution in [0.25, 0.3) is 10.2 Å². The van der Waals surface area contributed by atoms with Gasteiger partial charge in [0.1, 0.15) is 17.8 Å².